The highest BCUT2D eigenvalue weighted by molar-refractivity contribution is 5.86. The van der Waals surface area contributed by atoms with Crippen molar-refractivity contribution in [3.8, 4) is 11.5 Å². The molecule has 10 heteroatoms. The summed E-state index contributed by atoms with van der Waals surface area (Å²) in [5.74, 6) is 2.26. The van der Waals surface area contributed by atoms with Crippen molar-refractivity contribution in [3.63, 3.8) is 0 Å². The second-order valence-electron chi connectivity index (χ2n) is 7.97. The number of fused-ring (bicyclic) bond motifs is 2. The lowest BCUT2D eigenvalue weighted by Gasteiger charge is -2.29. The molecule has 5 heterocycles. The van der Waals surface area contributed by atoms with E-state index in [4.69, 9.17) is 4.74 Å². The second-order valence-corrected chi connectivity index (χ2v) is 7.97. The number of piperazine rings is 1. The highest BCUT2D eigenvalue weighted by Crippen LogP contribution is 2.32. The van der Waals surface area contributed by atoms with E-state index in [2.05, 4.69) is 47.8 Å². The molecule has 0 saturated carbocycles. The first-order valence-electron chi connectivity index (χ1n) is 11.9. The quantitative estimate of drug-likeness (QED) is 0.396. The van der Waals surface area contributed by atoms with Gasteiger partial charge in [-0.3, -0.25) is 0 Å². The van der Waals surface area contributed by atoms with Crippen LogP contribution in [0.15, 0.2) is 61.4 Å². The number of nitrogens with one attached hydrogen (secondary N) is 2. The molecular weight excluding hydrogens is 442 g/mol. The maximum atomic E-state index is 6.10. The van der Waals surface area contributed by atoms with E-state index in [0.717, 1.165) is 65.8 Å². The zero-order chi connectivity index (χ0) is 24.2. The van der Waals surface area contributed by atoms with Crippen LogP contribution in [0, 0.1) is 6.92 Å². The van der Waals surface area contributed by atoms with Gasteiger partial charge in [0.15, 0.2) is 11.5 Å². The van der Waals surface area contributed by atoms with E-state index in [-0.39, 0.29) is 0 Å². The third-order valence-electron chi connectivity index (χ3n) is 5.81. The molecule has 0 amide bonds. The Morgan fingerprint density at radius 2 is 1.69 bits per heavy atom. The monoisotopic (exact) mass is 471 g/mol. The fourth-order valence-electron chi connectivity index (χ4n) is 4.16. The molecule has 6 rings (SSSR count). The number of aromatic nitrogens is 6. The van der Waals surface area contributed by atoms with Crippen molar-refractivity contribution in [2.45, 2.75) is 20.8 Å². The molecular formula is C25H29N9O. The van der Waals surface area contributed by atoms with E-state index < -0.39 is 0 Å². The smallest absolute Gasteiger partial charge is 0.160 e. The van der Waals surface area contributed by atoms with Gasteiger partial charge >= 0.3 is 0 Å². The normalized spacial score (nSPS) is 13.5. The van der Waals surface area contributed by atoms with Crippen LogP contribution in [0.4, 0.5) is 17.2 Å². The van der Waals surface area contributed by atoms with Gasteiger partial charge in [-0.2, -0.15) is 10.2 Å². The minimum Gasteiger partial charge on any atom is -0.457 e. The van der Waals surface area contributed by atoms with E-state index in [1.165, 1.54) is 6.33 Å². The van der Waals surface area contributed by atoms with Crippen molar-refractivity contribution in [2.75, 3.05) is 36.4 Å². The maximum absolute atomic E-state index is 6.10. The summed E-state index contributed by atoms with van der Waals surface area (Å²) in [5, 5.41) is 15.4. The standard InChI is InChI=1S/C23H23N9O.C2H6/c1-16-12-17(2-3-20(16)33-18-4-8-31-21(13-18)25-14-27-31)29-23-22-19(30-10-6-24-7-11-30)5-9-32(22)28-15-26-23;1-2/h2-5,8-9,12-15,24H,6-7,10-11H2,1H3,(H,26,28,29);1-2H3. The molecule has 0 aliphatic carbocycles. The Labute approximate surface area is 203 Å². The zero-order valence-electron chi connectivity index (χ0n) is 20.1. The van der Waals surface area contributed by atoms with Crippen LogP contribution in [0.3, 0.4) is 0 Å². The van der Waals surface area contributed by atoms with Crippen LogP contribution in [0.5, 0.6) is 11.5 Å². The van der Waals surface area contributed by atoms with Crippen LogP contribution < -0.4 is 20.3 Å². The Bertz CT molecular complexity index is 1440. The molecule has 0 bridgehead atoms. The van der Waals surface area contributed by atoms with Crippen molar-refractivity contribution < 1.29 is 4.74 Å². The van der Waals surface area contributed by atoms with Gasteiger partial charge in [-0.15, -0.1) is 0 Å². The summed E-state index contributed by atoms with van der Waals surface area (Å²) < 4.78 is 9.67. The predicted molar refractivity (Wildman–Crippen MR) is 137 cm³/mol. The summed E-state index contributed by atoms with van der Waals surface area (Å²) in [6, 6.07) is 11.8. The van der Waals surface area contributed by atoms with Gasteiger partial charge < -0.3 is 20.3 Å². The fourth-order valence-corrected chi connectivity index (χ4v) is 4.16. The second kappa shape index (κ2) is 9.98. The summed E-state index contributed by atoms with van der Waals surface area (Å²) in [6.45, 7) is 9.88. The molecule has 4 aromatic heterocycles. The number of pyridine rings is 1. The van der Waals surface area contributed by atoms with Crippen LogP contribution in [0.1, 0.15) is 19.4 Å². The minimum atomic E-state index is 0.714. The summed E-state index contributed by atoms with van der Waals surface area (Å²) in [7, 11) is 0. The fraction of sp³-hybridized carbons (Fsp3) is 0.280. The van der Waals surface area contributed by atoms with Gasteiger partial charge in [0.05, 0.1) is 5.69 Å². The van der Waals surface area contributed by atoms with Gasteiger partial charge in [-0.25, -0.2) is 19.0 Å². The summed E-state index contributed by atoms with van der Waals surface area (Å²) in [5.41, 5.74) is 4.78. The largest absolute Gasteiger partial charge is 0.457 e. The van der Waals surface area contributed by atoms with Crippen molar-refractivity contribution in [2.24, 2.45) is 0 Å². The van der Waals surface area contributed by atoms with E-state index in [0.29, 0.717) is 5.75 Å². The molecule has 1 aromatic carbocycles. The van der Waals surface area contributed by atoms with Crippen LogP contribution in [0.2, 0.25) is 0 Å². The van der Waals surface area contributed by atoms with Gasteiger partial charge in [0.1, 0.15) is 29.7 Å². The third-order valence-corrected chi connectivity index (χ3v) is 5.81. The lowest BCUT2D eigenvalue weighted by molar-refractivity contribution is 0.478. The van der Waals surface area contributed by atoms with E-state index in [9.17, 15) is 0 Å². The molecule has 1 aliphatic rings. The van der Waals surface area contributed by atoms with Crippen LogP contribution in [-0.4, -0.2) is 55.4 Å². The Morgan fingerprint density at radius 3 is 2.51 bits per heavy atom. The number of nitrogens with zero attached hydrogens (tertiary/aromatic N) is 7. The molecule has 0 unspecified atom stereocenters. The molecule has 1 fully saturated rings. The summed E-state index contributed by atoms with van der Waals surface area (Å²) in [4.78, 5) is 11.1. The molecule has 5 aromatic rings. The number of anilines is 3. The lowest BCUT2D eigenvalue weighted by Crippen LogP contribution is -2.43. The van der Waals surface area contributed by atoms with Crippen LogP contribution >= 0.6 is 0 Å². The van der Waals surface area contributed by atoms with E-state index in [1.54, 1.807) is 10.8 Å². The first-order chi connectivity index (χ1) is 17.2. The van der Waals surface area contributed by atoms with Crippen molar-refractivity contribution in [1.82, 2.24) is 34.5 Å². The molecule has 180 valence electrons. The Morgan fingerprint density at radius 1 is 0.914 bits per heavy atom. The predicted octanol–water partition coefficient (Wildman–Crippen LogP) is 4.05. The molecule has 35 heavy (non-hydrogen) atoms. The number of aryl methyl sites for hydroxylation is 1. The first kappa shape index (κ1) is 22.6. The Hall–Kier alpha value is -4.18. The van der Waals surface area contributed by atoms with Gasteiger partial charge in [-0.05, 0) is 42.8 Å². The molecule has 0 radical (unpaired) electrons. The molecule has 0 spiro atoms. The average molecular weight is 472 g/mol. The number of ether oxygens (including phenoxy) is 1. The van der Waals surface area contributed by atoms with Crippen LogP contribution in [0.25, 0.3) is 11.2 Å². The minimum absolute atomic E-state index is 0.714. The molecule has 1 aliphatic heterocycles. The first-order valence-corrected chi connectivity index (χ1v) is 11.9. The lowest BCUT2D eigenvalue weighted by atomic mass is 10.2. The Balaban J connectivity index is 0.00000124. The highest BCUT2D eigenvalue weighted by Gasteiger charge is 2.18. The van der Waals surface area contributed by atoms with Gasteiger partial charge in [-0.1, -0.05) is 13.8 Å². The van der Waals surface area contributed by atoms with Gasteiger partial charge in [0.25, 0.3) is 0 Å². The number of benzene rings is 1. The van der Waals surface area contributed by atoms with Crippen molar-refractivity contribution >= 4 is 28.4 Å². The molecule has 10 nitrogen and oxygen atoms in total. The van der Waals surface area contributed by atoms with Gasteiger partial charge in [0, 0.05) is 50.3 Å². The van der Waals surface area contributed by atoms with Gasteiger partial charge in [0.2, 0.25) is 0 Å². The molecule has 1 saturated heterocycles. The SMILES string of the molecule is CC.Cc1cc(Nc2ncnn3ccc(N4CCNCC4)c23)ccc1Oc1ccn2ncnc2c1. The maximum Gasteiger partial charge on any atom is 0.160 e. The average Bonchev–Trinajstić information content (AvgIpc) is 3.55. The summed E-state index contributed by atoms with van der Waals surface area (Å²) in [6.07, 6.45) is 6.90. The molecule has 0 atom stereocenters. The number of hydrogen-bond acceptors (Lipinski definition) is 8. The van der Waals surface area contributed by atoms with E-state index in [1.807, 2.05) is 61.9 Å². The summed E-state index contributed by atoms with van der Waals surface area (Å²) >= 11 is 0. The zero-order valence-corrected chi connectivity index (χ0v) is 20.1. The topological polar surface area (TPSA) is 96.9 Å². The van der Waals surface area contributed by atoms with E-state index >= 15 is 0 Å². The molecule has 2 N–H and O–H groups in total. The Kier molecular flexibility index (Phi) is 6.44. The van der Waals surface area contributed by atoms with Crippen molar-refractivity contribution in [1.29, 1.82) is 0 Å². The van der Waals surface area contributed by atoms with Crippen LogP contribution in [-0.2, 0) is 0 Å². The number of hydrogen-bond donors (Lipinski definition) is 2. The van der Waals surface area contributed by atoms with Crippen molar-refractivity contribution in [3.05, 3.63) is 67.0 Å². The number of rotatable bonds is 5. The third kappa shape index (κ3) is 4.60. The highest BCUT2D eigenvalue weighted by atomic mass is 16.5.